The van der Waals surface area contributed by atoms with Gasteiger partial charge < -0.3 is 33.8 Å². The SMILES string of the molecule is CCCCCCCCCCCCCCCCCC(=O)OC[C@H](COP(=O)(O)OC[C@@H](O)COP(=O)(O)OC[C@@H](COC(=O)CCCCCCCCCCC)OC(=O)CCCCCCCCCCCCC)OC(=O)CCCCCCCCCCCCCCCCC. The second-order valence-electron chi connectivity index (χ2n) is 25.6. The van der Waals surface area contributed by atoms with E-state index in [1.165, 1.54) is 205 Å². The Labute approximate surface area is 549 Å². The van der Waals surface area contributed by atoms with Crippen LogP contribution in [-0.4, -0.2) is 96.7 Å². The van der Waals surface area contributed by atoms with Gasteiger partial charge in [-0.3, -0.25) is 37.3 Å². The van der Waals surface area contributed by atoms with Gasteiger partial charge in [-0.1, -0.05) is 323 Å². The zero-order chi connectivity index (χ0) is 66.1. The molecule has 0 aromatic carbocycles. The summed E-state index contributed by atoms with van der Waals surface area (Å²) < 4.78 is 68.3. The molecule has 0 radical (unpaired) electrons. The minimum Gasteiger partial charge on any atom is -0.462 e. The Morgan fingerprint density at radius 2 is 0.444 bits per heavy atom. The molecular weight excluding hydrogens is 1190 g/mol. The van der Waals surface area contributed by atoms with E-state index in [4.69, 9.17) is 37.0 Å². The number of carbonyl (C=O) groups is 4. The molecule has 90 heavy (non-hydrogen) atoms. The van der Waals surface area contributed by atoms with E-state index < -0.39 is 97.5 Å². The quantitative estimate of drug-likeness (QED) is 0.0222. The molecule has 0 rings (SSSR count). The van der Waals surface area contributed by atoms with Gasteiger partial charge in [0.15, 0.2) is 12.2 Å². The van der Waals surface area contributed by atoms with Gasteiger partial charge in [-0.2, -0.15) is 0 Å². The number of phosphoric acid groups is 2. The molecule has 0 aromatic rings. The summed E-state index contributed by atoms with van der Waals surface area (Å²) in [6, 6.07) is 0. The maximum Gasteiger partial charge on any atom is 0.472 e. The Kier molecular flexibility index (Phi) is 64.3. The van der Waals surface area contributed by atoms with E-state index in [1.54, 1.807) is 0 Å². The molecule has 0 aliphatic rings. The van der Waals surface area contributed by atoms with Crippen LogP contribution in [0.4, 0.5) is 0 Å². The number of hydrogen-bond acceptors (Lipinski definition) is 15. The molecule has 0 spiro atoms. The number of phosphoric ester groups is 2. The second kappa shape index (κ2) is 65.7. The van der Waals surface area contributed by atoms with Crippen LogP contribution in [0.25, 0.3) is 0 Å². The van der Waals surface area contributed by atoms with Crippen molar-refractivity contribution in [3.63, 3.8) is 0 Å². The largest absolute Gasteiger partial charge is 0.472 e. The van der Waals surface area contributed by atoms with Gasteiger partial charge in [-0.15, -0.1) is 0 Å². The molecule has 2 unspecified atom stereocenters. The Morgan fingerprint density at radius 1 is 0.267 bits per heavy atom. The number of aliphatic hydroxyl groups excluding tert-OH is 1. The first kappa shape index (κ1) is 88.1. The van der Waals surface area contributed by atoms with Crippen LogP contribution in [0.5, 0.6) is 0 Å². The number of unbranched alkanes of at least 4 members (excludes halogenated alkanes) is 46. The van der Waals surface area contributed by atoms with E-state index in [0.29, 0.717) is 25.7 Å². The van der Waals surface area contributed by atoms with Crippen LogP contribution < -0.4 is 0 Å². The van der Waals surface area contributed by atoms with Crippen LogP contribution in [0.15, 0.2) is 0 Å². The number of aliphatic hydroxyl groups is 1. The van der Waals surface area contributed by atoms with Crippen LogP contribution in [0.1, 0.15) is 374 Å². The van der Waals surface area contributed by atoms with Gasteiger partial charge in [0.05, 0.1) is 26.4 Å². The second-order valence-corrected chi connectivity index (χ2v) is 28.5. The summed E-state index contributed by atoms with van der Waals surface area (Å²) in [7, 11) is -9.90. The van der Waals surface area contributed by atoms with Crippen LogP contribution in [-0.2, 0) is 65.4 Å². The van der Waals surface area contributed by atoms with Crippen molar-refractivity contribution in [3.05, 3.63) is 0 Å². The molecule has 5 atom stereocenters. The lowest BCUT2D eigenvalue weighted by atomic mass is 10.0. The van der Waals surface area contributed by atoms with Crippen molar-refractivity contribution in [3.8, 4) is 0 Å². The summed E-state index contributed by atoms with van der Waals surface area (Å²) in [5, 5.41) is 10.6. The molecule has 17 nitrogen and oxygen atoms in total. The normalized spacial score (nSPS) is 14.0. The zero-order valence-electron chi connectivity index (χ0n) is 58.1. The zero-order valence-corrected chi connectivity index (χ0v) is 59.9. The molecule has 0 bridgehead atoms. The minimum absolute atomic E-state index is 0.107. The van der Waals surface area contributed by atoms with Crippen molar-refractivity contribution in [2.45, 2.75) is 393 Å². The lowest BCUT2D eigenvalue weighted by molar-refractivity contribution is -0.161. The molecular formula is C71H138O17P2. The third-order valence-corrected chi connectivity index (χ3v) is 18.5. The van der Waals surface area contributed by atoms with E-state index >= 15 is 0 Å². The standard InChI is InChI=1S/C71H138O17P2/c1-5-9-13-17-21-25-28-30-32-34-37-40-44-48-52-56-69(74)82-62-67(88-71(76)58-54-50-46-42-38-35-33-31-29-26-22-18-14-10-6-2)64-86-90(79,80)84-60-65(72)59-83-89(77,78)85-63-66(61-81-68(73)55-51-47-43-39-24-20-16-12-8-4)87-70(75)57-53-49-45-41-36-27-23-19-15-11-7-3/h65-67,72H,5-64H2,1-4H3,(H,77,78)(H,79,80)/t65-,66+,67+/m0/s1. The highest BCUT2D eigenvalue weighted by atomic mass is 31.2. The fourth-order valence-corrected chi connectivity index (χ4v) is 12.4. The number of rotatable bonds is 72. The summed E-state index contributed by atoms with van der Waals surface area (Å²) in [4.78, 5) is 72.5. The van der Waals surface area contributed by atoms with Gasteiger partial charge in [0.25, 0.3) is 0 Å². The summed E-state index contributed by atoms with van der Waals surface area (Å²) in [5.41, 5.74) is 0. The summed E-state index contributed by atoms with van der Waals surface area (Å²) in [6.45, 7) is 4.94. The Hall–Kier alpha value is -1.94. The molecule has 19 heteroatoms. The third-order valence-electron chi connectivity index (χ3n) is 16.6. The van der Waals surface area contributed by atoms with Crippen LogP contribution in [0, 0.1) is 0 Å². The van der Waals surface area contributed by atoms with Crippen molar-refractivity contribution in [1.29, 1.82) is 0 Å². The summed E-state index contributed by atoms with van der Waals surface area (Å²) in [5.74, 6) is -2.12. The van der Waals surface area contributed by atoms with Crippen molar-refractivity contribution < 1.29 is 80.2 Å². The highest BCUT2D eigenvalue weighted by Crippen LogP contribution is 2.45. The van der Waals surface area contributed by atoms with Gasteiger partial charge in [-0.25, -0.2) is 9.13 Å². The van der Waals surface area contributed by atoms with Crippen LogP contribution >= 0.6 is 15.6 Å². The number of carbonyl (C=O) groups excluding carboxylic acids is 4. The number of esters is 4. The van der Waals surface area contributed by atoms with Gasteiger partial charge in [0, 0.05) is 25.7 Å². The number of ether oxygens (including phenoxy) is 4. The fraction of sp³-hybridized carbons (Fsp3) is 0.944. The van der Waals surface area contributed by atoms with Gasteiger partial charge in [0.2, 0.25) is 0 Å². The molecule has 0 amide bonds. The van der Waals surface area contributed by atoms with Crippen molar-refractivity contribution in [2.75, 3.05) is 39.6 Å². The van der Waals surface area contributed by atoms with Crippen LogP contribution in [0.2, 0.25) is 0 Å². The van der Waals surface area contributed by atoms with E-state index in [9.17, 15) is 43.2 Å². The Bertz CT molecular complexity index is 1720. The predicted octanol–water partition coefficient (Wildman–Crippen LogP) is 20.7. The van der Waals surface area contributed by atoms with Crippen molar-refractivity contribution in [2.24, 2.45) is 0 Å². The molecule has 534 valence electrons. The highest BCUT2D eigenvalue weighted by molar-refractivity contribution is 7.47. The van der Waals surface area contributed by atoms with E-state index in [0.717, 1.165) is 89.9 Å². The molecule has 3 N–H and O–H groups in total. The molecule has 0 aliphatic carbocycles. The van der Waals surface area contributed by atoms with E-state index in [-0.39, 0.29) is 25.7 Å². The first-order chi connectivity index (χ1) is 43.7. The maximum atomic E-state index is 13.0. The predicted molar refractivity (Wildman–Crippen MR) is 363 cm³/mol. The average molecular weight is 1330 g/mol. The number of hydrogen-bond donors (Lipinski definition) is 3. The van der Waals surface area contributed by atoms with E-state index in [1.807, 2.05) is 0 Å². The molecule has 0 saturated carbocycles. The van der Waals surface area contributed by atoms with Crippen molar-refractivity contribution >= 4 is 39.5 Å². The molecule has 0 fully saturated rings. The smallest absolute Gasteiger partial charge is 0.462 e. The highest BCUT2D eigenvalue weighted by Gasteiger charge is 2.30. The fourth-order valence-electron chi connectivity index (χ4n) is 10.9. The maximum absolute atomic E-state index is 13.0. The van der Waals surface area contributed by atoms with Gasteiger partial charge in [0.1, 0.15) is 19.3 Å². The average Bonchev–Trinajstić information content (AvgIpc) is 3.73. The molecule has 0 heterocycles. The monoisotopic (exact) mass is 1320 g/mol. The lowest BCUT2D eigenvalue weighted by Crippen LogP contribution is -2.30. The minimum atomic E-state index is -4.95. The third kappa shape index (κ3) is 64.8. The lowest BCUT2D eigenvalue weighted by Gasteiger charge is -2.21. The molecule has 0 aliphatic heterocycles. The summed E-state index contributed by atoms with van der Waals surface area (Å²) in [6.07, 6.45) is 53.9. The van der Waals surface area contributed by atoms with E-state index in [2.05, 4.69) is 27.7 Å². The van der Waals surface area contributed by atoms with Crippen LogP contribution in [0.3, 0.4) is 0 Å². The van der Waals surface area contributed by atoms with Gasteiger partial charge >= 0.3 is 39.5 Å². The Morgan fingerprint density at radius 3 is 0.656 bits per heavy atom. The molecule has 0 aromatic heterocycles. The Balaban J connectivity index is 5.22. The first-order valence-corrected chi connectivity index (χ1v) is 40.3. The first-order valence-electron chi connectivity index (χ1n) is 37.3. The van der Waals surface area contributed by atoms with Crippen molar-refractivity contribution in [1.82, 2.24) is 0 Å². The molecule has 0 saturated heterocycles. The summed E-state index contributed by atoms with van der Waals surface area (Å²) >= 11 is 0. The van der Waals surface area contributed by atoms with Gasteiger partial charge in [-0.05, 0) is 25.7 Å². The topological polar surface area (TPSA) is 237 Å².